The van der Waals surface area contributed by atoms with Crippen LogP contribution in [0, 0.1) is 21.4 Å². The van der Waals surface area contributed by atoms with Gasteiger partial charge in [0.25, 0.3) is 5.69 Å². The summed E-state index contributed by atoms with van der Waals surface area (Å²) in [6.07, 6.45) is 1.62. The second-order valence-electron chi connectivity index (χ2n) is 3.03. The molecule has 0 spiro atoms. The molecule has 0 amide bonds. The zero-order chi connectivity index (χ0) is 11.5. The Morgan fingerprint density at radius 2 is 2.00 bits per heavy atom. The van der Waals surface area contributed by atoms with E-state index in [-0.39, 0.29) is 5.69 Å². The minimum absolute atomic E-state index is 0.0245. The van der Waals surface area contributed by atoms with Gasteiger partial charge in [0.1, 0.15) is 6.07 Å². The van der Waals surface area contributed by atoms with Gasteiger partial charge in [0.15, 0.2) is 5.69 Å². The third kappa shape index (κ3) is 1.74. The zero-order valence-corrected chi connectivity index (χ0v) is 8.07. The highest BCUT2D eigenvalue weighted by Gasteiger charge is 2.05. The summed E-state index contributed by atoms with van der Waals surface area (Å²) in [5.74, 6) is 0. The van der Waals surface area contributed by atoms with Crippen LogP contribution >= 0.6 is 0 Å². The van der Waals surface area contributed by atoms with E-state index >= 15 is 0 Å². The van der Waals surface area contributed by atoms with Crippen molar-refractivity contribution in [1.29, 1.82) is 5.26 Å². The SMILES string of the molecule is N#Cc1ccn(-c2ccc([N+](=O)[O-])cc2)n1. The molecule has 1 heterocycles. The van der Waals surface area contributed by atoms with Crippen molar-refractivity contribution in [3.8, 4) is 11.8 Å². The molecule has 0 saturated carbocycles. The van der Waals surface area contributed by atoms with Gasteiger partial charge in [-0.2, -0.15) is 10.4 Å². The molecule has 1 aromatic heterocycles. The highest BCUT2D eigenvalue weighted by Crippen LogP contribution is 2.14. The fourth-order valence-corrected chi connectivity index (χ4v) is 1.25. The minimum Gasteiger partial charge on any atom is -0.258 e. The second kappa shape index (κ2) is 3.82. The summed E-state index contributed by atoms with van der Waals surface area (Å²) in [7, 11) is 0. The summed E-state index contributed by atoms with van der Waals surface area (Å²) in [5.41, 5.74) is 1.00. The van der Waals surface area contributed by atoms with Crippen LogP contribution in [0.2, 0.25) is 0 Å². The monoisotopic (exact) mass is 214 g/mol. The summed E-state index contributed by atoms with van der Waals surface area (Å²) >= 11 is 0. The normalized spacial score (nSPS) is 9.69. The van der Waals surface area contributed by atoms with E-state index in [4.69, 9.17) is 5.26 Å². The van der Waals surface area contributed by atoms with Gasteiger partial charge in [-0.3, -0.25) is 10.1 Å². The van der Waals surface area contributed by atoms with Crippen LogP contribution in [-0.4, -0.2) is 14.7 Å². The summed E-state index contributed by atoms with van der Waals surface area (Å²) in [6.45, 7) is 0. The first kappa shape index (κ1) is 9.86. The lowest BCUT2D eigenvalue weighted by Gasteiger charge is -1.99. The number of non-ortho nitro benzene ring substituents is 1. The van der Waals surface area contributed by atoms with Gasteiger partial charge >= 0.3 is 0 Å². The Morgan fingerprint density at radius 1 is 1.31 bits per heavy atom. The number of aromatic nitrogens is 2. The van der Waals surface area contributed by atoms with Crippen molar-refractivity contribution in [2.45, 2.75) is 0 Å². The average Bonchev–Trinajstić information content (AvgIpc) is 2.77. The van der Waals surface area contributed by atoms with Gasteiger partial charge in [-0.05, 0) is 18.2 Å². The molecule has 1 aromatic carbocycles. The summed E-state index contributed by atoms with van der Waals surface area (Å²) < 4.78 is 1.49. The Hall–Kier alpha value is -2.68. The van der Waals surface area contributed by atoms with Gasteiger partial charge < -0.3 is 0 Å². The molecule has 2 rings (SSSR count). The molecule has 0 radical (unpaired) electrons. The number of nitriles is 1. The highest BCUT2D eigenvalue weighted by atomic mass is 16.6. The third-order valence-electron chi connectivity index (χ3n) is 2.03. The molecule has 0 atom stereocenters. The van der Waals surface area contributed by atoms with Crippen LogP contribution in [0.1, 0.15) is 5.69 Å². The van der Waals surface area contributed by atoms with Crippen molar-refractivity contribution >= 4 is 5.69 Å². The first-order valence-corrected chi connectivity index (χ1v) is 4.41. The number of nitro groups is 1. The number of hydrogen-bond donors (Lipinski definition) is 0. The van der Waals surface area contributed by atoms with Crippen LogP contribution in [0.15, 0.2) is 36.5 Å². The maximum absolute atomic E-state index is 10.4. The number of benzene rings is 1. The van der Waals surface area contributed by atoms with E-state index in [0.29, 0.717) is 11.4 Å². The molecule has 6 heteroatoms. The van der Waals surface area contributed by atoms with Crippen LogP contribution in [0.3, 0.4) is 0 Å². The Labute approximate surface area is 90.5 Å². The predicted molar refractivity (Wildman–Crippen MR) is 54.9 cm³/mol. The smallest absolute Gasteiger partial charge is 0.258 e. The van der Waals surface area contributed by atoms with Crippen LogP contribution in [0.5, 0.6) is 0 Å². The molecule has 2 aromatic rings. The van der Waals surface area contributed by atoms with Crippen LogP contribution in [-0.2, 0) is 0 Å². The number of rotatable bonds is 2. The molecule has 0 unspecified atom stereocenters. The van der Waals surface area contributed by atoms with Gasteiger partial charge in [-0.1, -0.05) is 0 Å². The average molecular weight is 214 g/mol. The van der Waals surface area contributed by atoms with E-state index in [2.05, 4.69) is 5.10 Å². The van der Waals surface area contributed by atoms with Gasteiger partial charge in [0.2, 0.25) is 0 Å². The molecule has 0 aliphatic rings. The fourth-order valence-electron chi connectivity index (χ4n) is 1.25. The standard InChI is InChI=1S/C10H6N4O2/c11-7-8-5-6-13(12-8)9-1-3-10(4-2-9)14(15)16/h1-6H. The molecular weight excluding hydrogens is 208 g/mol. The molecule has 0 saturated heterocycles. The highest BCUT2D eigenvalue weighted by molar-refractivity contribution is 5.40. The van der Waals surface area contributed by atoms with Crippen LogP contribution < -0.4 is 0 Å². The molecule has 0 bridgehead atoms. The molecule has 0 N–H and O–H groups in total. The third-order valence-corrected chi connectivity index (χ3v) is 2.03. The van der Waals surface area contributed by atoms with E-state index < -0.39 is 4.92 Å². The van der Waals surface area contributed by atoms with E-state index in [1.54, 1.807) is 24.4 Å². The summed E-state index contributed by atoms with van der Waals surface area (Å²) in [6, 6.07) is 9.41. The number of nitro benzene ring substituents is 1. The first-order valence-electron chi connectivity index (χ1n) is 4.41. The molecule has 0 aliphatic carbocycles. The number of nitrogens with zero attached hydrogens (tertiary/aromatic N) is 4. The fraction of sp³-hybridized carbons (Fsp3) is 0. The summed E-state index contributed by atoms with van der Waals surface area (Å²) in [5, 5.41) is 23.0. The minimum atomic E-state index is -0.465. The second-order valence-corrected chi connectivity index (χ2v) is 3.03. The molecule has 6 nitrogen and oxygen atoms in total. The van der Waals surface area contributed by atoms with Gasteiger partial charge in [0.05, 0.1) is 10.6 Å². The predicted octanol–water partition coefficient (Wildman–Crippen LogP) is 1.65. The maximum Gasteiger partial charge on any atom is 0.269 e. The molecule has 0 fully saturated rings. The molecular formula is C10H6N4O2. The lowest BCUT2D eigenvalue weighted by atomic mass is 10.3. The van der Waals surface area contributed by atoms with Gasteiger partial charge in [0, 0.05) is 18.3 Å². The molecule has 16 heavy (non-hydrogen) atoms. The molecule has 0 aliphatic heterocycles. The van der Waals surface area contributed by atoms with Gasteiger partial charge in [-0.15, -0.1) is 0 Å². The van der Waals surface area contributed by atoms with E-state index in [1.807, 2.05) is 6.07 Å². The Morgan fingerprint density at radius 3 is 2.50 bits per heavy atom. The van der Waals surface area contributed by atoms with Crippen molar-refractivity contribution in [3.63, 3.8) is 0 Å². The van der Waals surface area contributed by atoms with Crippen molar-refractivity contribution in [2.75, 3.05) is 0 Å². The van der Waals surface area contributed by atoms with Gasteiger partial charge in [-0.25, -0.2) is 4.68 Å². The lowest BCUT2D eigenvalue weighted by Crippen LogP contribution is -1.95. The Bertz CT molecular complexity index is 565. The summed E-state index contributed by atoms with van der Waals surface area (Å²) in [4.78, 5) is 9.97. The Balaban J connectivity index is 2.35. The zero-order valence-electron chi connectivity index (χ0n) is 8.07. The molecule has 78 valence electrons. The van der Waals surface area contributed by atoms with E-state index in [1.165, 1.54) is 16.8 Å². The first-order chi connectivity index (χ1) is 7.70. The van der Waals surface area contributed by atoms with Crippen molar-refractivity contribution in [3.05, 3.63) is 52.3 Å². The van der Waals surface area contributed by atoms with Crippen LogP contribution in [0.4, 0.5) is 5.69 Å². The maximum atomic E-state index is 10.4. The van der Waals surface area contributed by atoms with Crippen molar-refractivity contribution in [2.24, 2.45) is 0 Å². The van der Waals surface area contributed by atoms with E-state index in [0.717, 1.165) is 0 Å². The lowest BCUT2D eigenvalue weighted by molar-refractivity contribution is -0.384. The quantitative estimate of drug-likeness (QED) is 0.562. The largest absolute Gasteiger partial charge is 0.269 e. The van der Waals surface area contributed by atoms with Crippen LogP contribution in [0.25, 0.3) is 5.69 Å². The number of hydrogen-bond acceptors (Lipinski definition) is 4. The topological polar surface area (TPSA) is 84.8 Å². The van der Waals surface area contributed by atoms with Crippen molar-refractivity contribution < 1.29 is 4.92 Å². The van der Waals surface area contributed by atoms with Crippen molar-refractivity contribution in [1.82, 2.24) is 9.78 Å². The van der Waals surface area contributed by atoms with E-state index in [9.17, 15) is 10.1 Å². The Kier molecular flexibility index (Phi) is 2.36.